The van der Waals surface area contributed by atoms with Crippen molar-refractivity contribution in [1.82, 2.24) is 19.7 Å². The van der Waals surface area contributed by atoms with E-state index in [4.69, 9.17) is 4.74 Å². The molecule has 1 aliphatic carbocycles. The Hall–Kier alpha value is -2.97. The van der Waals surface area contributed by atoms with Gasteiger partial charge in [0.15, 0.2) is 0 Å². The average Bonchev–Trinajstić information content (AvgIpc) is 3.18. The van der Waals surface area contributed by atoms with Crippen LogP contribution in [0.5, 0.6) is 0 Å². The predicted octanol–water partition coefficient (Wildman–Crippen LogP) is 3.96. The van der Waals surface area contributed by atoms with Crippen LogP contribution in [-0.2, 0) is 16.6 Å². The third-order valence-electron chi connectivity index (χ3n) is 8.92. The molecule has 37 heavy (non-hydrogen) atoms. The maximum Gasteiger partial charge on any atom is 0.229 e. The van der Waals surface area contributed by atoms with Crippen LogP contribution >= 0.6 is 0 Å². The largest absolute Gasteiger partial charge is 0.379 e. The number of piperazine rings is 1. The summed E-state index contributed by atoms with van der Waals surface area (Å²) in [5.41, 5.74) is 3.86. The fourth-order valence-electron chi connectivity index (χ4n) is 6.61. The third-order valence-corrected chi connectivity index (χ3v) is 8.92. The van der Waals surface area contributed by atoms with E-state index in [2.05, 4.69) is 58.1 Å². The topological polar surface area (TPSA) is 75.5 Å². The van der Waals surface area contributed by atoms with Crippen LogP contribution in [0.15, 0.2) is 36.8 Å². The van der Waals surface area contributed by atoms with E-state index in [1.807, 2.05) is 36.4 Å². The highest BCUT2D eigenvalue weighted by Gasteiger charge is 2.54. The standard InChI is InChI=1S/C29H38N6O2/c1-5-23-26(22-16-31-33(4)17-22)27(23)28(36)32-25-14-20-13-24(19(2)12-21(20)15-30-25)34-7-9-35(10-8-34)29(3)6-11-37-18-29/h12-17,23,26-27H,5-11,18H2,1-4H3,(H,30,32,36)/t23-,26-,27-,29-/m1/s1. The molecule has 196 valence electrons. The highest BCUT2D eigenvalue weighted by atomic mass is 16.5. The number of ether oxygens (including phenoxy) is 1. The first-order chi connectivity index (χ1) is 17.9. The quantitative estimate of drug-likeness (QED) is 0.550. The number of nitrogens with one attached hydrogen (secondary N) is 1. The highest BCUT2D eigenvalue weighted by molar-refractivity contribution is 5.97. The summed E-state index contributed by atoms with van der Waals surface area (Å²) in [4.78, 5) is 22.9. The second-order valence-corrected chi connectivity index (χ2v) is 11.4. The molecule has 8 heteroatoms. The zero-order chi connectivity index (χ0) is 25.7. The Labute approximate surface area is 219 Å². The molecule has 0 spiro atoms. The molecule has 1 saturated carbocycles. The van der Waals surface area contributed by atoms with Crippen LogP contribution in [0.1, 0.15) is 43.7 Å². The molecule has 3 fully saturated rings. The number of carbonyl (C=O) groups is 1. The minimum absolute atomic E-state index is 0.0244. The van der Waals surface area contributed by atoms with Crippen molar-refractivity contribution in [3.8, 4) is 0 Å². The Kier molecular flexibility index (Phi) is 6.19. The Morgan fingerprint density at radius 1 is 1.16 bits per heavy atom. The number of anilines is 2. The van der Waals surface area contributed by atoms with Crippen molar-refractivity contribution in [1.29, 1.82) is 0 Å². The van der Waals surface area contributed by atoms with Gasteiger partial charge in [-0.25, -0.2) is 4.98 Å². The van der Waals surface area contributed by atoms with Crippen molar-refractivity contribution in [3.63, 3.8) is 0 Å². The molecule has 0 bridgehead atoms. The molecule has 3 aromatic rings. The van der Waals surface area contributed by atoms with Gasteiger partial charge in [0.25, 0.3) is 0 Å². The van der Waals surface area contributed by atoms with Gasteiger partial charge in [-0.1, -0.05) is 13.3 Å². The smallest absolute Gasteiger partial charge is 0.229 e. The van der Waals surface area contributed by atoms with Crippen LogP contribution in [0.25, 0.3) is 10.8 Å². The van der Waals surface area contributed by atoms with E-state index < -0.39 is 0 Å². The molecule has 1 amide bonds. The summed E-state index contributed by atoms with van der Waals surface area (Å²) in [5, 5.41) is 9.62. The normalized spacial score (nSPS) is 28.1. The summed E-state index contributed by atoms with van der Waals surface area (Å²) in [6, 6.07) is 6.50. The van der Waals surface area contributed by atoms with Gasteiger partial charge in [0.2, 0.25) is 5.91 Å². The van der Waals surface area contributed by atoms with Crippen LogP contribution in [0.4, 0.5) is 11.5 Å². The van der Waals surface area contributed by atoms with E-state index in [9.17, 15) is 4.79 Å². The van der Waals surface area contributed by atoms with Crippen LogP contribution in [0, 0.1) is 18.8 Å². The minimum Gasteiger partial charge on any atom is -0.379 e. The van der Waals surface area contributed by atoms with Crippen LogP contribution in [0.2, 0.25) is 0 Å². The zero-order valence-electron chi connectivity index (χ0n) is 22.4. The summed E-state index contributed by atoms with van der Waals surface area (Å²) >= 11 is 0. The number of rotatable bonds is 6. The number of fused-ring (bicyclic) bond motifs is 1. The van der Waals surface area contributed by atoms with Crippen LogP contribution < -0.4 is 10.2 Å². The Morgan fingerprint density at radius 2 is 1.97 bits per heavy atom. The van der Waals surface area contributed by atoms with Gasteiger partial charge in [-0.2, -0.15) is 5.10 Å². The van der Waals surface area contributed by atoms with Gasteiger partial charge in [-0.15, -0.1) is 0 Å². The molecule has 3 aliphatic rings. The number of hydrogen-bond acceptors (Lipinski definition) is 6. The summed E-state index contributed by atoms with van der Waals surface area (Å²) in [5.74, 6) is 1.25. The molecule has 4 atom stereocenters. The first-order valence-corrected chi connectivity index (χ1v) is 13.6. The Bertz CT molecular complexity index is 1300. The molecule has 4 heterocycles. The third kappa shape index (κ3) is 4.50. The molecule has 2 aromatic heterocycles. The maximum absolute atomic E-state index is 13.2. The molecule has 1 N–H and O–H groups in total. The molecular formula is C29H38N6O2. The van der Waals surface area contributed by atoms with Gasteiger partial charge in [-0.05, 0) is 60.9 Å². The van der Waals surface area contributed by atoms with Gasteiger partial charge in [0.05, 0.1) is 12.8 Å². The second kappa shape index (κ2) is 9.40. The lowest BCUT2D eigenvalue weighted by Crippen LogP contribution is -2.56. The van der Waals surface area contributed by atoms with E-state index in [1.165, 1.54) is 11.3 Å². The highest BCUT2D eigenvalue weighted by Crippen LogP contribution is 2.56. The van der Waals surface area contributed by atoms with Gasteiger partial charge in [0, 0.05) is 80.7 Å². The van der Waals surface area contributed by atoms with Crippen molar-refractivity contribution >= 4 is 28.2 Å². The number of benzene rings is 1. The lowest BCUT2D eigenvalue weighted by molar-refractivity contribution is -0.117. The number of amides is 1. The summed E-state index contributed by atoms with van der Waals surface area (Å²) in [6.07, 6.45) is 7.89. The van der Waals surface area contributed by atoms with Gasteiger partial charge in [0.1, 0.15) is 5.82 Å². The van der Waals surface area contributed by atoms with E-state index in [1.54, 1.807) is 0 Å². The molecule has 6 rings (SSSR count). The first-order valence-electron chi connectivity index (χ1n) is 13.6. The number of hydrogen-bond donors (Lipinski definition) is 1. The summed E-state index contributed by atoms with van der Waals surface area (Å²) < 4.78 is 7.50. The van der Waals surface area contributed by atoms with Crippen molar-refractivity contribution in [2.45, 2.75) is 45.1 Å². The molecule has 8 nitrogen and oxygen atoms in total. The van der Waals surface area contributed by atoms with Gasteiger partial charge >= 0.3 is 0 Å². The molecule has 0 unspecified atom stereocenters. The SMILES string of the molecule is CC[C@H]1[C@@H](C(=O)Nc2cc3cc(N4CCN([C@]5(C)CCOC5)CC4)c(C)cc3cn2)[C@@H]1c1cnn(C)c1. The van der Waals surface area contributed by atoms with Crippen molar-refractivity contribution in [3.05, 3.63) is 47.9 Å². The van der Waals surface area contributed by atoms with Crippen LogP contribution in [-0.4, -0.2) is 70.5 Å². The lowest BCUT2D eigenvalue weighted by atomic mass is 9.97. The number of pyridine rings is 1. The Morgan fingerprint density at radius 3 is 2.65 bits per heavy atom. The molecule has 1 aromatic carbocycles. The lowest BCUT2D eigenvalue weighted by Gasteiger charge is -2.44. The van der Waals surface area contributed by atoms with Crippen molar-refractivity contribution in [2.75, 3.05) is 49.6 Å². The second-order valence-electron chi connectivity index (χ2n) is 11.4. The van der Waals surface area contributed by atoms with Crippen molar-refractivity contribution < 1.29 is 9.53 Å². The number of aryl methyl sites for hydroxylation is 2. The van der Waals surface area contributed by atoms with E-state index >= 15 is 0 Å². The molecule has 0 radical (unpaired) electrons. The fraction of sp³-hybridized carbons (Fsp3) is 0.552. The number of carbonyl (C=O) groups excluding carboxylic acids is 1. The first kappa shape index (κ1) is 24.4. The Balaban J connectivity index is 1.16. The molecule has 2 aliphatic heterocycles. The molecular weight excluding hydrogens is 464 g/mol. The van der Waals surface area contributed by atoms with Gasteiger partial charge in [-0.3, -0.25) is 14.4 Å². The monoisotopic (exact) mass is 502 g/mol. The fourth-order valence-corrected chi connectivity index (χ4v) is 6.61. The average molecular weight is 503 g/mol. The van der Waals surface area contributed by atoms with E-state index in [0.717, 1.165) is 68.6 Å². The minimum atomic E-state index is -0.0244. The van der Waals surface area contributed by atoms with E-state index in [0.29, 0.717) is 11.7 Å². The summed E-state index contributed by atoms with van der Waals surface area (Å²) in [6.45, 7) is 12.5. The van der Waals surface area contributed by atoms with Gasteiger partial charge < -0.3 is 15.0 Å². The van der Waals surface area contributed by atoms with Crippen LogP contribution in [0.3, 0.4) is 0 Å². The van der Waals surface area contributed by atoms with E-state index in [-0.39, 0.29) is 23.3 Å². The van der Waals surface area contributed by atoms with Crippen molar-refractivity contribution in [2.24, 2.45) is 18.9 Å². The predicted molar refractivity (Wildman–Crippen MR) is 146 cm³/mol. The zero-order valence-corrected chi connectivity index (χ0v) is 22.4. The summed E-state index contributed by atoms with van der Waals surface area (Å²) in [7, 11) is 1.92. The molecule has 2 saturated heterocycles. The number of nitrogens with zero attached hydrogens (tertiary/aromatic N) is 5. The number of aromatic nitrogens is 3. The maximum atomic E-state index is 13.2.